The molecule has 1 aromatic rings. The number of hydrogen-bond donors (Lipinski definition) is 6. The van der Waals surface area contributed by atoms with Crippen LogP contribution in [0.15, 0.2) is 30.3 Å². The number of benzene rings is 1. The topological polar surface area (TPSA) is 319 Å². The lowest BCUT2D eigenvalue weighted by atomic mass is 9.93. The highest BCUT2D eigenvalue weighted by atomic mass is 16.6. The summed E-state index contributed by atoms with van der Waals surface area (Å²) in [5.74, 6) is -12.9. The predicted molar refractivity (Wildman–Crippen MR) is 295 cm³/mol. The number of likely N-dealkylation sites (N-methyl/N-ethyl adjacent to an activating group) is 3. The molecule has 11 atom stereocenters. The quantitative estimate of drug-likeness (QED) is 0.145. The molecule has 0 aromatic heterocycles. The van der Waals surface area contributed by atoms with Crippen LogP contribution in [0.4, 0.5) is 0 Å². The zero-order valence-electron chi connectivity index (χ0n) is 48.9. The molecule has 3 aliphatic heterocycles. The maximum Gasteiger partial charge on any atom is 0.329 e. The molecule has 0 saturated carbocycles. The first-order valence-corrected chi connectivity index (χ1v) is 28.4. The van der Waals surface area contributed by atoms with Gasteiger partial charge in [-0.05, 0) is 74.7 Å². The van der Waals surface area contributed by atoms with E-state index >= 15 is 0 Å². The molecule has 3 heterocycles. The number of fused-ring (bicyclic) bond motifs is 2. The molecule has 81 heavy (non-hydrogen) atoms. The number of esters is 1. The van der Waals surface area contributed by atoms with Crippen molar-refractivity contribution in [1.82, 2.24) is 45.8 Å². The van der Waals surface area contributed by atoms with Crippen LogP contribution in [0.25, 0.3) is 0 Å². The zero-order valence-corrected chi connectivity index (χ0v) is 48.9. The van der Waals surface area contributed by atoms with Crippen LogP contribution in [0, 0.1) is 23.7 Å². The van der Waals surface area contributed by atoms with E-state index in [0.717, 1.165) is 14.7 Å². The number of carbonyl (C=O) groups is 12. The summed E-state index contributed by atoms with van der Waals surface area (Å²) >= 11 is 0. The van der Waals surface area contributed by atoms with E-state index in [1.54, 1.807) is 85.7 Å². The smallest absolute Gasteiger partial charge is 0.329 e. The van der Waals surface area contributed by atoms with Gasteiger partial charge in [-0.25, -0.2) is 4.79 Å². The molecule has 3 saturated heterocycles. The number of carbonyl (C=O) groups excluding carboxylic acids is 10. The van der Waals surface area contributed by atoms with Crippen LogP contribution in [-0.4, -0.2) is 201 Å². The third-order valence-electron chi connectivity index (χ3n) is 16.1. The number of carboxylic acids is 2. The molecule has 0 bridgehead atoms. The fourth-order valence-electron chi connectivity index (χ4n) is 10.7. The molecular formula is C57H87N9O15. The van der Waals surface area contributed by atoms with Crippen molar-refractivity contribution in [1.29, 1.82) is 0 Å². The standard InChI is InChI=1S/C57H87N9O15/c1-12-34(7)46-55(78)66-28-18-17-22-40(66)51(74)60-45(32(3)4)54(77)63(10)41(25-27-44(70)71)57(80)81-48(35(8)13-2)52(75)59-37(30-36-20-15-14-16-21-36)53(76)65-29-19-23-39(65)49(72)58-31-42(67)64(11)47(33(5)6)56(79)62(9)38(50(73)61-46)24-26-43(68)69/h14-16,20-21,32-35,37-41,45-48H,12-13,17-19,22-31H2,1-11H3,(H,58,72)(H,59,75)(H,60,74)(H,61,73)(H,68,69)(H,70,71)/t34-,35?,37-,38-,39-,40-,41-,45-,46-,47-,48-/m0/s1. The van der Waals surface area contributed by atoms with Crippen molar-refractivity contribution in [2.24, 2.45) is 23.7 Å². The van der Waals surface area contributed by atoms with Crippen LogP contribution < -0.4 is 21.3 Å². The molecule has 4 rings (SSSR count). The molecule has 24 nitrogen and oxygen atoms in total. The number of nitrogens with zero attached hydrogens (tertiary/aromatic N) is 5. The maximum atomic E-state index is 14.9. The van der Waals surface area contributed by atoms with E-state index in [1.807, 2.05) is 0 Å². The first-order chi connectivity index (χ1) is 38.2. The minimum atomic E-state index is -1.61. The number of cyclic esters (lactones) is 1. The van der Waals surface area contributed by atoms with Gasteiger partial charge in [0.05, 0.1) is 6.54 Å². The SMILES string of the molecule is CCC(C)[C@@H]1OC(=O)[C@H](CCC(=O)O)N(C)C(=O)[C@H](C(C)C)NC(=O)[C@@H]2CCCCN2C(=O)[C@H]([C@@H](C)CC)NC(=O)[C@H](CCC(=O)O)N(C)C(=O)[C@H](C(C)C)N(C)C(=O)CNC(=O)[C@@H]2CCCN2C(=O)[C@H](Cc2ccccc2)NC1=O. The molecule has 9 amide bonds. The summed E-state index contributed by atoms with van der Waals surface area (Å²) in [7, 11) is 3.89. The maximum absolute atomic E-state index is 14.9. The van der Waals surface area contributed by atoms with Gasteiger partial charge in [-0.15, -0.1) is 0 Å². The Balaban J connectivity index is 1.87. The Morgan fingerprint density at radius 2 is 1.14 bits per heavy atom. The Hall–Kier alpha value is -7.14. The molecule has 0 aliphatic carbocycles. The molecule has 0 radical (unpaired) electrons. The first-order valence-electron chi connectivity index (χ1n) is 28.4. The Morgan fingerprint density at radius 3 is 1.72 bits per heavy atom. The molecule has 24 heteroatoms. The summed E-state index contributed by atoms with van der Waals surface area (Å²) in [6.45, 7) is 13.0. The van der Waals surface area contributed by atoms with E-state index in [-0.39, 0.29) is 38.8 Å². The fraction of sp³-hybridized carbons (Fsp3) is 0.684. The van der Waals surface area contributed by atoms with Crippen LogP contribution in [0.2, 0.25) is 0 Å². The van der Waals surface area contributed by atoms with Gasteiger partial charge >= 0.3 is 17.9 Å². The van der Waals surface area contributed by atoms with E-state index in [0.29, 0.717) is 31.2 Å². The Labute approximate surface area is 475 Å². The molecule has 1 unspecified atom stereocenters. The van der Waals surface area contributed by atoms with Crippen molar-refractivity contribution in [3.63, 3.8) is 0 Å². The number of piperidine rings is 1. The van der Waals surface area contributed by atoms with Crippen molar-refractivity contribution in [3.8, 4) is 0 Å². The molecule has 450 valence electrons. The van der Waals surface area contributed by atoms with Gasteiger partial charge in [-0.1, -0.05) is 92.1 Å². The minimum absolute atomic E-state index is 0.0649. The molecule has 3 aliphatic rings. The van der Waals surface area contributed by atoms with Crippen LogP contribution >= 0.6 is 0 Å². The number of nitrogens with one attached hydrogen (secondary N) is 4. The summed E-state index contributed by atoms with van der Waals surface area (Å²) < 4.78 is 5.97. The molecule has 1 aromatic carbocycles. The lowest BCUT2D eigenvalue weighted by molar-refractivity contribution is -0.167. The lowest BCUT2D eigenvalue weighted by Gasteiger charge is -2.40. The van der Waals surface area contributed by atoms with Gasteiger partial charge in [0.15, 0.2) is 6.10 Å². The number of carboxylic acid groups (broad SMARTS) is 2. The van der Waals surface area contributed by atoms with Gasteiger partial charge in [0.1, 0.15) is 48.3 Å². The molecule has 6 N–H and O–H groups in total. The molecule has 3 fully saturated rings. The van der Waals surface area contributed by atoms with Crippen molar-refractivity contribution in [3.05, 3.63) is 35.9 Å². The summed E-state index contributed by atoms with van der Waals surface area (Å²) in [6, 6.07) is -1.87. The number of rotatable bonds is 14. The average molecular weight is 1140 g/mol. The number of hydrogen-bond acceptors (Lipinski definition) is 13. The van der Waals surface area contributed by atoms with Crippen LogP contribution in [0.1, 0.15) is 132 Å². The highest BCUT2D eigenvalue weighted by molar-refractivity contribution is 5.99. The van der Waals surface area contributed by atoms with Crippen molar-refractivity contribution >= 4 is 71.1 Å². The van der Waals surface area contributed by atoms with Gasteiger partial charge in [0.25, 0.3) is 5.91 Å². The predicted octanol–water partition coefficient (Wildman–Crippen LogP) is 1.71. The van der Waals surface area contributed by atoms with Gasteiger partial charge in [-0.3, -0.25) is 52.7 Å². The molecular weight excluding hydrogens is 1050 g/mol. The molecule has 0 spiro atoms. The second-order valence-electron chi connectivity index (χ2n) is 22.5. The van der Waals surface area contributed by atoms with Crippen LogP contribution in [0.5, 0.6) is 0 Å². The van der Waals surface area contributed by atoms with Crippen LogP contribution in [-0.2, 0) is 68.7 Å². The van der Waals surface area contributed by atoms with Crippen molar-refractivity contribution in [2.75, 3.05) is 40.8 Å². The van der Waals surface area contributed by atoms with E-state index in [1.165, 1.54) is 30.9 Å². The normalized spacial score (nSPS) is 27.0. The van der Waals surface area contributed by atoms with Crippen molar-refractivity contribution < 1.29 is 72.5 Å². The van der Waals surface area contributed by atoms with E-state index < -0.39 is 181 Å². The fourth-order valence-corrected chi connectivity index (χ4v) is 10.7. The van der Waals surface area contributed by atoms with E-state index in [9.17, 15) is 67.7 Å². The number of ether oxygens (including phenoxy) is 1. The minimum Gasteiger partial charge on any atom is -0.481 e. The van der Waals surface area contributed by atoms with Crippen LogP contribution in [0.3, 0.4) is 0 Å². The Kier molecular flexibility index (Phi) is 25.1. The largest absolute Gasteiger partial charge is 0.481 e. The second-order valence-corrected chi connectivity index (χ2v) is 22.5. The third kappa shape index (κ3) is 17.4. The summed E-state index contributed by atoms with van der Waals surface area (Å²) in [5.41, 5.74) is 0.631. The van der Waals surface area contributed by atoms with Crippen molar-refractivity contribution in [2.45, 2.75) is 187 Å². The zero-order chi connectivity index (χ0) is 60.6. The van der Waals surface area contributed by atoms with Gasteiger partial charge in [0, 0.05) is 59.4 Å². The summed E-state index contributed by atoms with van der Waals surface area (Å²) in [5, 5.41) is 30.6. The first kappa shape index (κ1) is 66.4. The lowest BCUT2D eigenvalue weighted by Crippen LogP contribution is -2.63. The number of amides is 9. The third-order valence-corrected chi connectivity index (χ3v) is 16.1. The van der Waals surface area contributed by atoms with Gasteiger partial charge in [-0.2, -0.15) is 0 Å². The summed E-state index contributed by atoms with van der Waals surface area (Å²) in [4.78, 5) is 175. The van der Waals surface area contributed by atoms with Gasteiger partial charge < -0.3 is 60.7 Å². The monoisotopic (exact) mass is 1140 g/mol. The highest BCUT2D eigenvalue weighted by Crippen LogP contribution is 2.26. The van der Waals surface area contributed by atoms with E-state index in [4.69, 9.17) is 4.74 Å². The Bertz CT molecular complexity index is 2440. The second kappa shape index (κ2) is 30.6. The number of aliphatic carboxylic acids is 2. The summed E-state index contributed by atoms with van der Waals surface area (Å²) in [6.07, 6.45) is -1.36. The highest BCUT2D eigenvalue weighted by Gasteiger charge is 2.45. The van der Waals surface area contributed by atoms with Gasteiger partial charge in [0.2, 0.25) is 47.3 Å². The van der Waals surface area contributed by atoms with E-state index in [2.05, 4.69) is 21.3 Å². The Morgan fingerprint density at radius 1 is 0.593 bits per heavy atom. The average Bonchev–Trinajstić information content (AvgIpc) is 3.96.